The van der Waals surface area contributed by atoms with Gasteiger partial charge in [0.05, 0.1) is 47.7 Å². The zero-order valence-corrected chi connectivity index (χ0v) is 16.0. The molecule has 0 radical (unpaired) electrons. The van der Waals surface area contributed by atoms with Crippen LogP contribution in [0.15, 0.2) is 69.2 Å². The number of nitrogens with zero attached hydrogens (tertiary/aromatic N) is 8. The highest BCUT2D eigenvalue weighted by molar-refractivity contribution is 5.42. The molecule has 0 aromatic heterocycles. The van der Waals surface area contributed by atoms with Gasteiger partial charge in [-0.15, -0.1) is 10.2 Å². The van der Waals surface area contributed by atoms with Gasteiger partial charge in [-0.3, -0.25) is 10.0 Å². The fraction of sp³-hybridized carbons (Fsp3) is 0.300. The van der Waals surface area contributed by atoms with E-state index in [0.717, 1.165) is 0 Å². The maximum atomic E-state index is 8.82. The second kappa shape index (κ2) is 11.0. The van der Waals surface area contributed by atoms with Crippen LogP contribution in [-0.4, -0.2) is 36.2 Å². The van der Waals surface area contributed by atoms with E-state index in [9.17, 15) is 0 Å². The molecule has 0 unspecified atom stereocenters. The smallest absolute Gasteiger partial charge is 0.0991 e. The number of likely N-dealkylation sites (N-methyl/N-ethyl adjacent to an activating group) is 2. The van der Waals surface area contributed by atoms with Crippen LogP contribution in [0.3, 0.4) is 0 Å². The Bertz CT molecular complexity index is 797. The summed E-state index contributed by atoms with van der Waals surface area (Å²) in [4.78, 5) is 0. The van der Waals surface area contributed by atoms with Crippen molar-refractivity contribution in [2.75, 3.05) is 26.2 Å². The fourth-order valence-corrected chi connectivity index (χ4v) is 2.20. The first kappa shape index (κ1) is 20.5. The molecule has 2 aromatic carbocycles. The summed E-state index contributed by atoms with van der Waals surface area (Å²) in [5.74, 6) is 0. The maximum Gasteiger partial charge on any atom is 0.0991 e. The van der Waals surface area contributed by atoms with E-state index in [0.29, 0.717) is 48.7 Å². The molecule has 0 aliphatic rings. The number of nitriles is 2. The van der Waals surface area contributed by atoms with Crippen molar-refractivity contribution in [1.82, 2.24) is 10.0 Å². The van der Waals surface area contributed by atoms with E-state index in [-0.39, 0.29) is 0 Å². The highest BCUT2D eigenvalue weighted by atomic mass is 15.6. The van der Waals surface area contributed by atoms with Crippen LogP contribution in [-0.2, 0) is 0 Å². The van der Waals surface area contributed by atoms with Gasteiger partial charge >= 0.3 is 0 Å². The molecule has 0 spiro atoms. The average Bonchev–Trinajstić information content (AvgIpc) is 2.76. The van der Waals surface area contributed by atoms with Gasteiger partial charge in [0.2, 0.25) is 0 Å². The molecule has 0 saturated heterocycles. The lowest BCUT2D eigenvalue weighted by Crippen LogP contribution is -2.29. The molecule has 0 saturated carbocycles. The van der Waals surface area contributed by atoms with Crippen molar-refractivity contribution < 1.29 is 0 Å². The van der Waals surface area contributed by atoms with Gasteiger partial charge < -0.3 is 0 Å². The summed E-state index contributed by atoms with van der Waals surface area (Å²) in [6.45, 7) is 6.74. The third-order valence-corrected chi connectivity index (χ3v) is 3.91. The monoisotopic (exact) mass is 374 g/mol. The zero-order valence-electron chi connectivity index (χ0n) is 16.0. The lowest BCUT2D eigenvalue weighted by atomic mass is 10.2. The lowest BCUT2D eigenvalue weighted by molar-refractivity contribution is 0.209. The molecule has 0 heterocycles. The van der Waals surface area contributed by atoms with Gasteiger partial charge in [0.15, 0.2) is 0 Å². The van der Waals surface area contributed by atoms with Crippen molar-refractivity contribution in [3.8, 4) is 12.1 Å². The van der Waals surface area contributed by atoms with E-state index in [4.69, 9.17) is 10.5 Å². The van der Waals surface area contributed by atoms with Crippen LogP contribution in [0.1, 0.15) is 25.0 Å². The summed E-state index contributed by atoms with van der Waals surface area (Å²) in [7, 11) is 0. The predicted octanol–water partition coefficient (Wildman–Crippen LogP) is 4.77. The largest absolute Gasteiger partial charge is 0.277 e. The van der Waals surface area contributed by atoms with Crippen molar-refractivity contribution in [1.29, 1.82) is 10.5 Å². The predicted molar refractivity (Wildman–Crippen MR) is 106 cm³/mol. The van der Waals surface area contributed by atoms with Gasteiger partial charge in [0, 0.05) is 13.1 Å². The van der Waals surface area contributed by atoms with Crippen LogP contribution >= 0.6 is 0 Å². The Balaban J connectivity index is 1.90. The number of hydrogen-bond acceptors (Lipinski definition) is 6. The van der Waals surface area contributed by atoms with Gasteiger partial charge in [-0.25, -0.2) is 0 Å². The molecule has 0 bridgehead atoms. The minimum absolute atomic E-state index is 0.595. The molecular formula is C20H22N8. The molecule has 0 aliphatic heterocycles. The molecule has 2 rings (SSSR count). The summed E-state index contributed by atoms with van der Waals surface area (Å²) in [6, 6.07) is 18.1. The van der Waals surface area contributed by atoms with Crippen LogP contribution in [0.25, 0.3) is 0 Å². The van der Waals surface area contributed by atoms with Crippen molar-refractivity contribution in [2.24, 2.45) is 20.7 Å². The van der Waals surface area contributed by atoms with E-state index in [1.807, 2.05) is 23.9 Å². The van der Waals surface area contributed by atoms with E-state index < -0.39 is 0 Å². The molecule has 0 atom stereocenters. The van der Waals surface area contributed by atoms with Gasteiger partial charge in [0.1, 0.15) is 0 Å². The molecule has 0 amide bonds. The summed E-state index contributed by atoms with van der Waals surface area (Å²) < 4.78 is 0. The molecule has 28 heavy (non-hydrogen) atoms. The van der Waals surface area contributed by atoms with Crippen molar-refractivity contribution >= 4 is 11.4 Å². The van der Waals surface area contributed by atoms with Crippen molar-refractivity contribution in [3.63, 3.8) is 0 Å². The Labute approximate surface area is 165 Å². The number of benzene rings is 2. The first-order valence-corrected chi connectivity index (χ1v) is 9.02. The summed E-state index contributed by atoms with van der Waals surface area (Å²) in [5, 5.41) is 38.3. The molecule has 8 heteroatoms. The van der Waals surface area contributed by atoms with Crippen LogP contribution in [0.5, 0.6) is 0 Å². The minimum Gasteiger partial charge on any atom is -0.277 e. The topological polar surface area (TPSA) is 104 Å². The first-order valence-electron chi connectivity index (χ1n) is 9.02. The molecule has 0 N–H and O–H groups in total. The normalized spacial score (nSPS) is 10.7. The van der Waals surface area contributed by atoms with E-state index in [1.165, 1.54) is 0 Å². The molecule has 2 aromatic rings. The van der Waals surface area contributed by atoms with E-state index >= 15 is 0 Å². The molecule has 0 aliphatic carbocycles. The SMILES string of the molecule is CCN(CCN(CC)N=Nc1ccc(C#N)cc1)N=Nc1ccc(C#N)cc1. The Morgan fingerprint density at radius 2 is 1.04 bits per heavy atom. The number of hydrogen-bond donors (Lipinski definition) is 0. The number of rotatable bonds is 9. The second-order valence-corrected chi connectivity index (χ2v) is 5.79. The standard InChI is InChI=1S/C20H22N8/c1-3-27(25-23-19-9-5-17(15-21)6-10-19)13-14-28(4-2)26-24-20-11-7-18(16-22)8-12-20/h5-12H,3-4,13-14H2,1-2H3. The first-order chi connectivity index (χ1) is 13.7. The fourth-order valence-electron chi connectivity index (χ4n) is 2.20. The summed E-state index contributed by atoms with van der Waals surface area (Å²) in [6.07, 6.45) is 0. The molecular weight excluding hydrogens is 352 g/mol. The van der Waals surface area contributed by atoms with Gasteiger partial charge in [-0.05, 0) is 62.4 Å². The third kappa shape index (κ3) is 6.50. The maximum absolute atomic E-state index is 8.82. The van der Waals surface area contributed by atoms with E-state index in [2.05, 4.69) is 32.8 Å². The quantitative estimate of drug-likeness (QED) is 0.465. The molecule has 0 fully saturated rings. The van der Waals surface area contributed by atoms with Crippen LogP contribution in [0.2, 0.25) is 0 Å². The van der Waals surface area contributed by atoms with Crippen molar-refractivity contribution in [3.05, 3.63) is 59.7 Å². The Hall–Kier alpha value is -3.78. The Morgan fingerprint density at radius 3 is 1.32 bits per heavy atom. The zero-order chi connectivity index (χ0) is 20.2. The minimum atomic E-state index is 0.595. The highest BCUT2D eigenvalue weighted by Gasteiger charge is 2.04. The van der Waals surface area contributed by atoms with Gasteiger partial charge in [-0.2, -0.15) is 10.5 Å². The summed E-state index contributed by atoms with van der Waals surface area (Å²) in [5.41, 5.74) is 2.59. The van der Waals surface area contributed by atoms with E-state index in [1.54, 1.807) is 48.5 Å². The van der Waals surface area contributed by atoms with Crippen molar-refractivity contribution in [2.45, 2.75) is 13.8 Å². The summed E-state index contributed by atoms with van der Waals surface area (Å²) >= 11 is 0. The van der Waals surface area contributed by atoms with Crippen LogP contribution < -0.4 is 0 Å². The Morgan fingerprint density at radius 1 is 0.679 bits per heavy atom. The van der Waals surface area contributed by atoms with Gasteiger partial charge in [-0.1, -0.05) is 10.4 Å². The third-order valence-electron chi connectivity index (χ3n) is 3.91. The molecule has 142 valence electrons. The van der Waals surface area contributed by atoms with Gasteiger partial charge in [0.25, 0.3) is 0 Å². The lowest BCUT2D eigenvalue weighted by Gasteiger charge is -2.20. The van der Waals surface area contributed by atoms with Crippen LogP contribution in [0, 0.1) is 22.7 Å². The second-order valence-electron chi connectivity index (χ2n) is 5.79. The average molecular weight is 374 g/mol. The highest BCUT2D eigenvalue weighted by Crippen LogP contribution is 2.15. The Kier molecular flexibility index (Phi) is 8.10. The van der Waals surface area contributed by atoms with Crippen LogP contribution in [0.4, 0.5) is 11.4 Å². The molecule has 8 nitrogen and oxygen atoms in total.